The van der Waals surface area contributed by atoms with E-state index < -0.39 is 5.82 Å². The molecule has 184 valence electrons. The second-order valence-electron chi connectivity index (χ2n) is 9.29. The number of rotatable bonds is 21. The van der Waals surface area contributed by atoms with Crippen LogP contribution >= 0.6 is 11.6 Å². The summed E-state index contributed by atoms with van der Waals surface area (Å²) in [6, 6.07) is 4.26. The van der Waals surface area contributed by atoms with Crippen molar-refractivity contribution in [3.63, 3.8) is 0 Å². The Morgan fingerprint density at radius 1 is 0.719 bits per heavy atom. The third kappa shape index (κ3) is 16.5. The molecule has 0 saturated heterocycles. The monoisotopic (exact) mass is 467 g/mol. The molecule has 0 radical (unpaired) electrons. The lowest BCUT2D eigenvalue weighted by molar-refractivity contribution is -0.116. The summed E-state index contributed by atoms with van der Waals surface area (Å²) in [4.78, 5) is 11.9. The second-order valence-corrected chi connectivity index (χ2v) is 9.70. The SMILES string of the molecule is CCCCCCCCCCCCCCCCCCCCCC(=O)Nc1ccc(F)c(Cl)c1. The Morgan fingerprint density at radius 3 is 1.53 bits per heavy atom. The predicted molar refractivity (Wildman–Crippen MR) is 138 cm³/mol. The van der Waals surface area contributed by atoms with E-state index in [0.717, 1.165) is 12.8 Å². The number of unbranched alkanes of at least 4 members (excludes halogenated alkanes) is 18. The molecule has 2 nitrogen and oxygen atoms in total. The van der Waals surface area contributed by atoms with Gasteiger partial charge in [-0.05, 0) is 24.6 Å². The van der Waals surface area contributed by atoms with E-state index >= 15 is 0 Å². The highest BCUT2D eigenvalue weighted by molar-refractivity contribution is 6.31. The Hall–Kier alpha value is -1.09. The molecule has 0 spiro atoms. The second kappa shape index (κ2) is 20.5. The quantitative estimate of drug-likeness (QED) is 0.179. The van der Waals surface area contributed by atoms with Gasteiger partial charge in [0, 0.05) is 12.1 Å². The van der Waals surface area contributed by atoms with Crippen LogP contribution in [-0.4, -0.2) is 5.91 Å². The van der Waals surface area contributed by atoms with Crippen molar-refractivity contribution in [2.75, 3.05) is 5.32 Å². The highest BCUT2D eigenvalue weighted by Gasteiger charge is 2.05. The largest absolute Gasteiger partial charge is 0.326 e. The molecule has 4 heteroatoms. The van der Waals surface area contributed by atoms with Crippen LogP contribution in [0.2, 0.25) is 5.02 Å². The molecule has 32 heavy (non-hydrogen) atoms. The van der Waals surface area contributed by atoms with Gasteiger partial charge in [0.2, 0.25) is 5.91 Å². The molecular formula is C28H47ClFNO. The molecule has 0 fully saturated rings. The van der Waals surface area contributed by atoms with Crippen molar-refractivity contribution in [2.24, 2.45) is 0 Å². The molecule has 1 rings (SSSR count). The standard InChI is InChI=1S/C28H47ClFNO/c1-2-3-4-5-6-7-8-9-10-11-12-13-14-15-16-17-18-19-20-21-28(32)31-25-22-23-27(30)26(29)24-25/h22-24H,2-21H2,1H3,(H,31,32). The van der Waals surface area contributed by atoms with Crippen LogP contribution in [0.5, 0.6) is 0 Å². The third-order valence-corrected chi connectivity index (χ3v) is 6.50. The molecule has 1 amide bonds. The fourth-order valence-corrected chi connectivity index (χ4v) is 4.34. The van der Waals surface area contributed by atoms with Crippen LogP contribution in [0.1, 0.15) is 135 Å². The van der Waals surface area contributed by atoms with Gasteiger partial charge in [-0.1, -0.05) is 134 Å². The first-order valence-corrected chi connectivity index (χ1v) is 13.8. The number of nitrogens with one attached hydrogen (secondary N) is 1. The average molecular weight is 468 g/mol. The predicted octanol–water partition coefficient (Wildman–Crippen LogP) is 10.2. The number of carbonyl (C=O) groups is 1. The van der Waals surface area contributed by atoms with Gasteiger partial charge in [-0.2, -0.15) is 0 Å². The van der Waals surface area contributed by atoms with E-state index in [9.17, 15) is 9.18 Å². The minimum atomic E-state index is -0.469. The molecule has 0 aliphatic rings. The summed E-state index contributed by atoms with van der Waals surface area (Å²) in [5.74, 6) is -0.497. The smallest absolute Gasteiger partial charge is 0.224 e. The Balaban J connectivity index is 1.79. The van der Waals surface area contributed by atoms with Gasteiger partial charge in [0.05, 0.1) is 5.02 Å². The maximum absolute atomic E-state index is 13.1. The average Bonchev–Trinajstić information content (AvgIpc) is 2.78. The summed E-state index contributed by atoms with van der Waals surface area (Å²) < 4.78 is 13.1. The van der Waals surface area contributed by atoms with E-state index in [1.165, 1.54) is 127 Å². The van der Waals surface area contributed by atoms with Gasteiger partial charge in [-0.15, -0.1) is 0 Å². The van der Waals surface area contributed by atoms with Gasteiger partial charge >= 0.3 is 0 Å². The number of amides is 1. The van der Waals surface area contributed by atoms with E-state index in [0.29, 0.717) is 12.1 Å². The molecule has 1 aromatic carbocycles. The summed E-state index contributed by atoms with van der Waals surface area (Å²) in [5.41, 5.74) is 0.555. The first kappa shape index (κ1) is 28.9. The Morgan fingerprint density at radius 2 is 1.12 bits per heavy atom. The van der Waals surface area contributed by atoms with Gasteiger partial charge in [0.1, 0.15) is 5.82 Å². The van der Waals surface area contributed by atoms with Crippen LogP contribution in [0, 0.1) is 5.82 Å². The van der Waals surface area contributed by atoms with Gasteiger partial charge in [0.25, 0.3) is 0 Å². The van der Waals surface area contributed by atoms with Crippen LogP contribution in [-0.2, 0) is 4.79 Å². The number of benzene rings is 1. The zero-order chi connectivity index (χ0) is 23.3. The lowest BCUT2D eigenvalue weighted by Gasteiger charge is -2.06. The summed E-state index contributed by atoms with van der Waals surface area (Å²) >= 11 is 5.73. The van der Waals surface area contributed by atoms with E-state index in [1.54, 1.807) is 0 Å². The third-order valence-electron chi connectivity index (χ3n) is 6.21. The maximum Gasteiger partial charge on any atom is 0.224 e. The van der Waals surface area contributed by atoms with Crippen LogP contribution in [0.25, 0.3) is 0 Å². The van der Waals surface area contributed by atoms with E-state index in [2.05, 4.69) is 12.2 Å². The van der Waals surface area contributed by atoms with E-state index in [1.807, 2.05) is 0 Å². The van der Waals surface area contributed by atoms with Crippen LogP contribution in [0.3, 0.4) is 0 Å². The summed E-state index contributed by atoms with van der Waals surface area (Å²) in [6.07, 6.45) is 26.1. The summed E-state index contributed by atoms with van der Waals surface area (Å²) in [6.45, 7) is 2.28. The molecule has 0 aromatic heterocycles. The molecule has 1 N–H and O–H groups in total. The molecule has 0 atom stereocenters. The van der Waals surface area contributed by atoms with Gasteiger partial charge in [-0.3, -0.25) is 4.79 Å². The van der Waals surface area contributed by atoms with Crippen LogP contribution in [0.15, 0.2) is 18.2 Å². The minimum absolute atomic E-state index is 0.0281. The number of carbonyl (C=O) groups excluding carboxylic acids is 1. The molecule has 0 unspecified atom stereocenters. The van der Waals surface area contributed by atoms with Crippen molar-refractivity contribution in [3.05, 3.63) is 29.0 Å². The number of halogens is 2. The molecule has 0 aliphatic heterocycles. The highest BCUT2D eigenvalue weighted by Crippen LogP contribution is 2.20. The van der Waals surface area contributed by atoms with E-state index in [-0.39, 0.29) is 10.9 Å². The van der Waals surface area contributed by atoms with Crippen LogP contribution < -0.4 is 5.32 Å². The summed E-state index contributed by atoms with van der Waals surface area (Å²) in [5, 5.41) is 2.81. The zero-order valence-electron chi connectivity index (χ0n) is 20.5. The number of anilines is 1. The number of hydrogen-bond donors (Lipinski definition) is 1. The van der Waals surface area contributed by atoms with Gasteiger partial charge in [0.15, 0.2) is 0 Å². The lowest BCUT2D eigenvalue weighted by atomic mass is 10.0. The minimum Gasteiger partial charge on any atom is -0.326 e. The molecular weight excluding hydrogens is 421 g/mol. The Bertz CT molecular complexity index is 593. The normalized spacial score (nSPS) is 11.1. The van der Waals surface area contributed by atoms with Gasteiger partial charge in [-0.25, -0.2) is 4.39 Å². The molecule has 0 heterocycles. The first-order chi connectivity index (χ1) is 15.6. The van der Waals surface area contributed by atoms with Crippen molar-refractivity contribution >= 4 is 23.2 Å². The Labute approximate surface area is 202 Å². The fourth-order valence-electron chi connectivity index (χ4n) is 4.16. The molecule has 0 aliphatic carbocycles. The lowest BCUT2D eigenvalue weighted by Crippen LogP contribution is -2.11. The highest BCUT2D eigenvalue weighted by atomic mass is 35.5. The Kier molecular flexibility index (Phi) is 18.6. The fraction of sp³-hybridized carbons (Fsp3) is 0.750. The molecule has 1 aromatic rings. The zero-order valence-corrected chi connectivity index (χ0v) is 21.3. The molecule has 0 saturated carbocycles. The van der Waals surface area contributed by atoms with E-state index in [4.69, 9.17) is 11.6 Å². The number of hydrogen-bond acceptors (Lipinski definition) is 1. The molecule has 0 bridgehead atoms. The summed E-state index contributed by atoms with van der Waals surface area (Å²) in [7, 11) is 0. The van der Waals surface area contributed by atoms with Crippen LogP contribution in [0.4, 0.5) is 10.1 Å². The van der Waals surface area contributed by atoms with Gasteiger partial charge < -0.3 is 5.32 Å². The topological polar surface area (TPSA) is 29.1 Å². The van der Waals surface area contributed by atoms with Crippen molar-refractivity contribution in [2.45, 2.75) is 135 Å². The first-order valence-electron chi connectivity index (χ1n) is 13.4. The van der Waals surface area contributed by atoms with Crippen molar-refractivity contribution in [1.29, 1.82) is 0 Å². The van der Waals surface area contributed by atoms with Crippen molar-refractivity contribution in [3.8, 4) is 0 Å². The van der Waals surface area contributed by atoms with Crippen molar-refractivity contribution < 1.29 is 9.18 Å². The maximum atomic E-state index is 13.1. The van der Waals surface area contributed by atoms with Crippen molar-refractivity contribution in [1.82, 2.24) is 0 Å².